The van der Waals surface area contributed by atoms with Gasteiger partial charge in [0.2, 0.25) is 15.9 Å². The minimum Gasteiger partial charge on any atom is -0.484 e. The van der Waals surface area contributed by atoms with Crippen molar-refractivity contribution in [3.63, 3.8) is 0 Å². The van der Waals surface area contributed by atoms with E-state index in [-0.39, 0.29) is 24.0 Å². The number of halogens is 1. The lowest BCUT2D eigenvalue weighted by molar-refractivity contribution is 0.243. The SMILES string of the molecule is O=S(=O)(c1ccc(F)cc1)N1CCCC(c2nnc(COc3ccccc3)o2)C1. The number of sulfonamides is 1. The lowest BCUT2D eigenvalue weighted by atomic mass is 10.00. The highest BCUT2D eigenvalue weighted by Crippen LogP contribution is 2.30. The second kappa shape index (κ2) is 8.30. The molecule has 29 heavy (non-hydrogen) atoms. The number of hydrogen-bond donors (Lipinski definition) is 0. The molecule has 4 rings (SSSR count). The summed E-state index contributed by atoms with van der Waals surface area (Å²) in [6.45, 7) is 0.774. The van der Waals surface area contributed by atoms with Crippen LogP contribution in [0.5, 0.6) is 5.75 Å². The van der Waals surface area contributed by atoms with E-state index in [9.17, 15) is 12.8 Å². The minimum atomic E-state index is -3.71. The van der Waals surface area contributed by atoms with E-state index in [1.165, 1.54) is 16.4 Å². The van der Waals surface area contributed by atoms with Crippen LogP contribution < -0.4 is 4.74 Å². The van der Waals surface area contributed by atoms with E-state index in [1.54, 1.807) is 0 Å². The molecule has 9 heteroatoms. The van der Waals surface area contributed by atoms with Gasteiger partial charge in [-0.1, -0.05) is 18.2 Å². The molecule has 1 fully saturated rings. The van der Waals surface area contributed by atoms with Crippen molar-refractivity contribution < 1.29 is 22.0 Å². The van der Waals surface area contributed by atoms with E-state index in [0.29, 0.717) is 30.5 Å². The quantitative estimate of drug-likeness (QED) is 0.611. The summed E-state index contributed by atoms with van der Waals surface area (Å²) in [5, 5.41) is 8.10. The molecule has 0 radical (unpaired) electrons. The van der Waals surface area contributed by atoms with Gasteiger partial charge in [-0.25, -0.2) is 12.8 Å². The maximum atomic E-state index is 13.1. The second-order valence-corrected chi connectivity index (χ2v) is 8.73. The molecular weight excluding hydrogens is 397 g/mol. The Hall–Kier alpha value is -2.78. The molecule has 0 amide bonds. The molecule has 7 nitrogen and oxygen atoms in total. The van der Waals surface area contributed by atoms with Crippen LogP contribution in [0.25, 0.3) is 0 Å². The van der Waals surface area contributed by atoms with Crippen LogP contribution in [0.3, 0.4) is 0 Å². The van der Waals surface area contributed by atoms with E-state index >= 15 is 0 Å². The van der Waals surface area contributed by atoms with Gasteiger partial charge in [0, 0.05) is 13.1 Å². The maximum Gasteiger partial charge on any atom is 0.253 e. The summed E-state index contributed by atoms with van der Waals surface area (Å²) in [5.41, 5.74) is 0. The number of rotatable bonds is 6. The third kappa shape index (κ3) is 4.46. The highest BCUT2D eigenvalue weighted by Gasteiger charge is 2.33. The number of ether oxygens (including phenoxy) is 1. The van der Waals surface area contributed by atoms with E-state index in [2.05, 4.69) is 10.2 Å². The molecule has 0 aliphatic carbocycles. The first-order chi connectivity index (χ1) is 14.0. The zero-order valence-corrected chi connectivity index (χ0v) is 16.4. The van der Waals surface area contributed by atoms with Crippen LogP contribution >= 0.6 is 0 Å². The fraction of sp³-hybridized carbons (Fsp3) is 0.300. The van der Waals surface area contributed by atoms with Gasteiger partial charge >= 0.3 is 0 Å². The van der Waals surface area contributed by atoms with Crippen LogP contribution in [0, 0.1) is 5.82 Å². The van der Waals surface area contributed by atoms with Crippen molar-refractivity contribution >= 4 is 10.0 Å². The van der Waals surface area contributed by atoms with E-state index in [0.717, 1.165) is 18.6 Å². The van der Waals surface area contributed by atoms with Gasteiger partial charge in [-0.05, 0) is 49.2 Å². The predicted octanol–water partition coefficient (Wildman–Crippen LogP) is 3.36. The second-order valence-electron chi connectivity index (χ2n) is 6.79. The molecule has 0 saturated carbocycles. The molecule has 1 aromatic heterocycles. The highest BCUT2D eigenvalue weighted by atomic mass is 32.2. The number of benzene rings is 2. The Morgan fingerprint density at radius 3 is 2.62 bits per heavy atom. The van der Waals surface area contributed by atoms with Crippen LogP contribution in [-0.2, 0) is 16.6 Å². The van der Waals surface area contributed by atoms with Crippen molar-refractivity contribution in [1.82, 2.24) is 14.5 Å². The van der Waals surface area contributed by atoms with Gasteiger partial charge in [-0.2, -0.15) is 4.31 Å². The fourth-order valence-electron chi connectivity index (χ4n) is 3.27. The summed E-state index contributed by atoms with van der Waals surface area (Å²) in [7, 11) is -3.71. The lowest BCUT2D eigenvalue weighted by Gasteiger charge is -2.30. The van der Waals surface area contributed by atoms with Gasteiger partial charge < -0.3 is 9.15 Å². The summed E-state index contributed by atoms with van der Waals surface area (Å²) in [4.78, 5) is 0.0713. The Morgan fingerprint density at radius 1 is 1.10 bits per heavy atom. The van der Waals surface area contributed by atoms with Crippen LogP contribution in [-0.4, -0.2) is 36.0 Å². The van der Waals surface area contributed by atoms with Crippen molar-refractivity contribution in [2.24, 2.45) is 0 Å². The van der Waals surface area contributed by atoms with Crippen molar-refractivity contribution in [2.45, 2.75) is 30.3 Å². The Morgan fingerprint density at radius 2 is 1.86 bits per heavy atom. The molecule has 0 spiro atoms. The first-order valence-electron chi connectivity index (χ1n) is 9.28. The third-order valence-corrected chi connectivity index (χ3v) is 6.65. The minimum absolute atomic E-state index is 0.0713. The van der Waals surface area contributed by atoms with E-state index < -0.39 is 15.8 Å². The van der Waals surface area contributed by atoms with Crippen molar-refractivity contribution in [3.05, 3.63) is 72.2 Å². The lowest BCUT2D eigenvalue weighted by Crippen LogP contribution is -2.39. The highest BCUT2D eigenvalue weighted by molar-refractivity contribution is 7.89. The molecule has 1 aliphatic rings. The molecule has 2 aromatic carbocycles. The van der Waals surface area contributed by atoms with E-state index in [1.807, 2.05) is 30.3 Å². The first-order valence-corrected chi connectivity index (χ1v) is 10.7. The molecule has 1 saturated heterocycles. The molecule has 1 atom stereocenters. The summed E-state index contributed by atoms with van der Waals surface area (Å²) in [6.07, 6.45) is 1.42. The van der Waals surface area contributed by atoms with Crippen LogP contribution in [0.4, 0.5) is 4.39 Å². The number of aromatic nitrogens is 2. The molecular formula is C20H20FN3O4S. The summed E-state index contributed by atoms with van der Waals surface area (Å²) >= 11 is 0. The van der Waals surface area contributed by atoms with Gasteiger partial charge in [0.05, 0.1) is 10.8 Å². The number of para-hydroxylation sites is 1. The summed E-state index contributed by atoms with van der Waals surface area (Å²) < 4.78 is 51.5. The van der Waals surface area contributed by atoms with Gasteiger partial charge in [-0.15, -0.1) is 10.2 Å². The Kier molecular flexibility index (Phi) is 5.59. The number of hydrogen-bond acceptors (Lipinski definition) is 6. The Labute approximate surface area is 168 Å². The molecule has 152 valence electrons. The zero-order valence-electron chi connectivity index (χ0n) is 15.6. The van der Waals surface area contributed by atoms with Crippen LogP contribution in [0.2, 0.25) is 0 Å². The van der Waals surface area contributed by atoms with Crippen molar-refractivity contribution in [1.29, 1.82) is 0 Å². The summed E-state index contributed by atoms with van der Waals surface area (Å²) in [5.74, 6) is 0.757. The topological polar surface area (TPSA) is 85.5 Å². The number of nitrogens with zero attached hydrogens (tertiary/aromatic N) is 3. The van der Waals surface area contributed by atoms with Gasteiger partial charge in [0.15, 0.2) is 6.61 Å². The summed E-state index contributed by atoms with van der Waals surface area (Å²) in [6, 6.07) is 14.1. The predicted molar refractivity (Wildman–Crippen MR) is 102 cm³/mol. The molecule has 1 aliphatic heterocycles. The Balaban J connectivity index is 1.43. The fourth-order valence-corrected chi connectivity index (χ4v) is 4.79. The van der Waals surface area contributed by atoms with Crippen molar-refractivity contribution in [2.75, 3.05) is 13.1 Å². The number of piperidine rings is 1. The maximum absolute atomic E-state index is 13.1. The monoisotopic (exact) mass is 417 g/mol. The molecule has 0 N–H and O–H groups in total. The molecule has 2 heterocycles. The van der Waals surface area contributed by atoms with Gasteiger partial charge in [0.25, 0.3) is 5.89 Å². The largest absolute Gasteiger partial charge is 0.484 e. The molecule has 0 bridgehead atoms. The average Bonchev–Trinajstić information content (AvgIpc) is 3.23. The van der Waals surface area contributed by atoms with Crippen LogP contribution in [0.15, 0.2) is 63.9 Å². The van der Waals surface area contributed by atoms with Gasteiger partial charge in [0.1, 0.15) is 11.6 Å². The third-order valence-electron chi connectivity index (χ3n) is 4.77. The molecule has 3 aromatic rings. The first kappa shape index (κ1) is 19.5. The molecule has 1 unspecified atom stereocenters. The van der Waals surface area contributed by atoms with Crippen molar-refractivity contribution in [3.8, 4) is 5.75 Å². The zero-order chi connectivity index (χ0) is 20.3. The normalized spacial score (nSPS) is 17.9. The Bertz CT molecular complexity index is 1050. The smallest absolute Gasteiger partial charge is 0.253 e. The van der Waals surface area contributed by atoms with Gasteiger partial charge in [-0.3, -0.25) is 0 Å². The van der Waals surface area contributed by atoms with Crippen LogP contribution in [0.1, 0.15) is 30.5 Å². The standard InChI is InChI=1S/C20H20FN3O4S/c21-16-8-10-18(11-9-16)29(25,26)24-12-4-5-15(13-24)20-23-22-19(28-20)14-27-17-6-2-1-3-7-17/h1-3,6-11,15H,4-5,12-14H2. The average molecular weight is 417 g/mol. The van der Waals surface area contributed by atoms with E-state index in [4.69, 9.17) is 9.15 Å².